The van der Waals surface area contributed by atoms with Gasteiger partial charge in [0.05, 0.1) is 22.3 Å². The molecule has 0 spiro atoms. The highest BCUT2D eigenvalue weighted by Gasteiger charge is 2.72. The molecule has 9 nitrogen and oxygen atoms in total. The molecule has 236 valence electrons. The SMILES string of the molecule is C[C@]1(OC(=O)c2ccccc2)C(OC(=O)c2ccccc2)O[C@@](COC(=O)c2ccccc2)(C(F)F)[C@H]1OC(=O)c1ccccc1. The average molecular weight is 631 g/mol. The second-order valence-corrected chi connectivity index (χ2v) is 10.5. The van der Waals surface area contributed by atoms with E-state index in [1.165, 1.54) is 60.7 Å². The second-order valence-electron chi connectivity index (χ2n) is 10.5. The molecule has 0 bridgehead atoms. The summed E-state index contributed by atoms with van der Waals surface area (Å²) in [7, 11) is 0. The lowest BCUT2D eigenvalue weighted by Crippen LogP contribution is -2.59. The maximum absolute atomic E-state index is 15.4. The molecule has 0 aliphatic carbocycles. The van der Waals surface area contributed by atoms with Crippen molar-refractivity contribution in [3.05, 3.63) is 144 Å². The first-order chi connectivity index (χ1) is 22.1. The summed E-state index contributed by atoms with van der Waals surface area (Å²) in [5.41, 5.74) is -5.28. The van der Waals surface area contributed by atoms with E-state index >= 15 is 8.78 Å². The minimum absolute atomic E-state index is 0.0200. The van der Waals surface area contributed by atoms with Gasteiger partial charge in [-0.2, -0.15) is 0 Å². The number of hydrogen-bond donors (Lipinski definition) is 0. The second kappa shape index (κ2) is 13.7. The molecule has 0 aromatic heterocycles. The Bertz CT molecular complexity index is 1670. The van der Waals surface area contributed by atoms with Gasteiger partial charge in [0.25, 0.3) is 6.43 Å². The third-order valence-electron chi connectivity index (χ3n) is 7.35. The molecule has 0 saturated carbocycles. The Balaban J connectivity index is 1.59. The van der Waals surface area contributed by atoms with E-state index in [9.17, 15) is 19.2 Å². The molecule has 46 heavy (non-hydrogen) atoms. The van der Waals surface area contributed by atoms with Gasteiger partial charge in [-0.25, -0.2) is 28.0 Å². The number of halogens is 2. The number of carbonyl (C=O) groups is 4. The van der Waals surface area contributed by atoms with E-state index in [4.69, 9.17) is 23.7 Å². The Morgan fingerprint density at radius 2 is 1.02 bits per heavy atom. The van der Waals surface area contributed by atoms with Gasteiger partial charge in [0, 0.05) is 0 Å². The van der Waals surface area contributed by atoms with Crippen LogP contribution in [0.15, 0.2) is 121 Å². The third-order valence-corrected chi connectivity index (χ3v) is 7.35. The van der Waals surface area contributed by atoms with Gasteiger partial charge in [0.1, 0.15) is 6.61 Å². The van der Waals surface area contributed by atoms with Crippen molar-refractivity contribution in [2.24, 2.45) is 0 Å². The molecular formula is C35H28F2O9. The normalized spacial score (nSPS) is 22.1. The molecule has 1 saturated heterocycles. The maximum Gasteiger partial charge on any atom is 0.340 e. The molecule has 0 N–H and O–H groups in total. The Kier molecular flexibility index (Phi) is 9.53. The number of ether oxygens (including phenoxy) is 5. The Hall–Kier alpha value is -5.42. The van der Waals surface area contributed by atoms with Crippen LogP contribution in [-0.2, 0) is 23.7 Å². The van der Waals surface area contributed by atoms with Gasteiger partial charge in [0.15, 0.2) is 6.10 Å². The summed E-state index contributed by atoms with van der Waals surface area (Å²) in [6, 6.07) is 30.2. The smallest absolute Gasteiger partial charge is 0.340 e. The summed E-state index contributed by atoms with van der Waals surface area (Å²) in [6.07, 6.45) is -7.76. The first-order valence-electron chi connectivity index (χ1n) is 14.1. The topological polar surface area (TPSA) is 114 Å². The first kappa shape index (κ1) is 32.0. The van der Waals surface area contributed by atoms with E-state index in [1.807, 2.05) is 0 Å². The van der Waals surface area contributed by atoms with Gasteiger partial charge in [-0.05, 0) is 55.5 Å². The fourth-order valence-electron chi connectivity index (χ4n) is 4.94. The van der Waals surface area contributed by atoms with Crippen LogP contribution in [0, 0.1) is 0 Å². The van der Waals surface area contributed by atoms with E-state index in [0.717, 1.165) is 6.92 Å². The van der Waals surface area contributed by atoms with E-state index in [0.29, 0.717) is 0 Å². The van der Waals surface area contributed by atoms with E-state index in [-0.39, 0.29) is 22.3 Å². The molecule has 1 heterocycles. The molecule has 4 atom stereocenters. The zero-order chi connectivity index (χ0) is 32.7. The molecule has 5 rings (SSSR count). The summed E-state index contributed by atoms with van der Waals surface area (Å²) in [5.74, 6) is -4.08. The summed E-state index contributed by atoms with van der Waals surface area (Å²) in [4.78, 5) is 52.9. The number of rotatable bonds is 10. The molecule has 0 amide bonds. The molecule has 11 heteroatoms. The fourth-order valence-corrected chi connectivity index (χ4v) is 4.94. The van der Waals surface area contributed by atoms with Crippen LogP contribution in [-0.4, -0.2) is 60.5 Å². The predicted molar refractivity (Wildman–Crippen MR) is 158 cm³/mol. The minimum atomic E-state index is -3.53. The molecule has 1 aliphatic heterocycles. The lowest BCUT2D eigenvalue weighted by molar-refractivity contribution is -0.224. The Morgan fingerprint density at radius 1 is 0.630 bits per heavy atom. The Labute approximate surface area is 262 Å². The summed E-state index contributed by atoms with van der Waals surface area (Å²) in [5, 5.41) is 0. The summed E-state index contributed by atoms with van der Waals surface area (Å²) in [6.45, 7) is -0.0359. The largest absolute Gasteiger partial charge is 0.459 e. The zero-order valence-corrected chi connectivity index (χ0v) is 24.4. The molecule has 4 aromatic rings. The zero-order valence-electron chi connectivity index (χ0n) is 24.4. The van der Waals surface area contributed by atoms with E-state index in [2.05, 4.69) is 0 Å². The number of hydrogen-bond acceptors (Lipinski definition) is 9. The van der Waals surface area contributed by atoms with Gasteiger partial charge in [-0.1, -0.05) is 72.8 Å². The molecule has 1 fully saturated rings. The quantitative estimate of drug-likeness (QED) is 0.156. The summed E-state index contributed by atoms with van der Waals surface area (Å²) >= 11 is 0. The lowest BCUT2D eigenvalue weighted by Gasteiger charge is -2.36. The predicted octanol–water partition coefficient (Wildman–Crippen LogP) is 5.90. The first-order valence-corrected chi connectivity index (χ1v) is 14.1. The number of alkyl halides is 2. The molecule has 4 aromatic carbocycles. The summed E-state index contributed by atoms with van der Waals surface area (Å²) < 4.78 is 58.9. The fraction of sp³-hybridized carbons (Fsp3) is 0.200. The van der Waals surface area contributed by atoms with Crippen molar-refractivity contribution in [2.45, 2.75) is 36.9 Å². The van der Waals surface area contributed by atoms with Crippen molar-refractivity contribution in [3.63, 3.8) is 0 Å². The highest BCUT2D eigenvalue weighted by Crippen LogP contribution is 2.48. The number of benzene rings is 4. The maximum atomic E-state index is 15.4. The van der Waals surface area contributed by atoms with Gasteiger partial charge in [-0.3, -0.25) is 0 Å². The van der Waals surface area contributed by atoms with Crippen molar-refractivity contribution < 1.29 is 51.6 Å². The van der Waals surface area contributed by atoms with E-state index in [1.54, 1.807) is 60.7 Å². The van der Waals surface area contributed by atoms with Crippen LogP contribution in [0.4, 0.5) is 8.78 Å². The highest BCUT2D eigenvalue weighted by atomic mass is 19.3. The monoisotopic (exact) mass is 630 g/mol. The van der Waals surface area contributed by atoms with Gasteiger partial charge in [0.2, 0.25) is 17.5 Å². The van der Waals surface area contributed by atoms with Gasteiger partial charge < -0.3 is 23.7 Å². The molecule has 1 unspecified atom stereocenters. The lowest BCUT2D eigenvalue weighted by atomic mass is 9.87. The van der Waals surface area contributed by atoms with Crippen molar-refractivity contribution >= 4 is 23.9 Å². The van der Waals surface area contributed by atoms with Crippen molar-refractivity contribution in [3.8, 4) is 0 Å². The van der Waals surface area contributed by atoms with Crippen molar-refractivity contribution in [1.82, 2.24) is 0 Å². The third kappa shape index (κ3) is 6.64. The van der Waals surface area contributed by atoms with Crippen LogP contribution in [0.2, 0.25) is 0 Å². The average Bonchev–Trinajstić information content (AvgIpc) is 3.31. The molecule has 0 radical (unpaired) electrons. The van der Waals surface area contributed by atoms with E-state index < -0.39 is 60.5 Å². The van der Waals surface area contributed by atoms with Crippen LogP contribution in [0.25, 0.3) is 0 Å². The van der Waals surface area contributed by atoms with Crippen LogP contribution in [0.3, 0.4) is 0 Å². The standard InChI is InChI=1S/C35H28F2O9/c1-34(45-30(41)26-20-12-5-13-21-26)31(43-28(39)24-16-8-3-9-17-24)35(32(36)37,22-42-27(38)23-14-6-2-7-15-23)46-33(34)44-29(40)25-18-10-4-11-19-25/h2-21,31-33H,22H2,1H3/t31-,33?,34+,35+/m0/s1. The number of esters is 4. The van der Waals surface area contributed by atoms with Gasteiger partial charge in [-0.15, -0.1) is 0 Å². The minimum Gasteiger partial charge on any atom is -0.459 e. The molecule has 1 aliphatic rings. The van der Waals surface area contributed by atoms with Crippen LogP contribution < -0.4 is 0 Å². The van der Waals surface area contributed by atoms with Crippen molar-refractivity contribution in [1.29, 1.82) is 0 Å². The molecular weight excluding hydrogens is 602 g/mol. The highest BCUT2D eigenvalue weighted by molar-refractivity contribution is 5.92. The van der Waals surface area contributed by atoms with Gasteiger partial charge >= 0.3 is 23.9 Å². The van der Waals surface area contributed by atoms with Crippen LogP contribution in [0.1, 0.15) is 48.4 Å². The van der Waals surface area contributed by atoms with Crippen LogP contribution in [0.5, 0.6) is 0 Å². The Morgan fingerprint density at radius 3 is 1.46 bits per heavy atom. The number of carbonyl (C=O) groups excluding carboxylic acids is 4. The van der Waals surface area contributed by atoms with Crippen LogP contribution >= 0.6 is 0 Å². The van der Waals surface area contributed by atoms with Crippen molar-refractivity contribution in [2.75, 3.05) is 6.61 Å².